The summed E-state index contributed by atoms with van der Waals surface area (Å²) in [5, 5.41) is 12.6. The average Bonchev–Trinajstić information content (AvgIpc) is 2.32. The third-order valence-corrected chi connectivity index (χ3v) is 4.41. The normalized spacial score (nSPS) is 14.2. The molecule has 118 valence electrons. The molecule has 1 atom stereocenters. The summed E-state index contributed by atoms with van der Waals surface area (Å²) in [6.45, 7) is 9.94. The highest BCUT2D eigenvalue weighted by atomic mass is 32.2. The van der Waals surface area contributed by atoms with Crippen molar-refractivity contribution in [3.63, 3.8) is 0 Å². The molecule has 1 aromatic rings. The predicted molar refractivity (Wildman–Crippen MR) is 91.0 cm³/mol. The van der Waals surface area contributed by atoms with Gasteiger partial charge in [0.05, 0.1) is 0 Å². The van der Waals surface area contributed by atoms with Gasteiger partial charge in [0.25, 0.3) is 0 Å². The molecule has 0 radical (unpaired) electrons. The molecular formula is C17H27NO2S. The van der Waals surface area contributed by atoms with Crippen molar-refractivity contribution in [2.24, 2.45) is 0 Å². The quantitative estimate of drug-likeness (QED) is 0.718. The molecule has 21 heavy (non-hydrogen) atoms. The van der Waals surface area contributed by atoms with Gasteiger partial charge in [-0.25, -0.2) is 0 Å². The van der Waals surface area contributed by atoms with Crippen LogP contribution in [0.25, 0.3) is 0 Å². The monoisotopic (exact) mass is 309 g/mol. The summed E-state index contributed by atoms with van der Waals surface area (Å²) in [6, 6.07) is 6.73. The molecular weight excluding hydrogens is 282 g/mol. The zero-order chi connectivity index (χ0) is 16.0. The van der Waals surface area contributed by atoms with Crippen LogP contribution in [0.4, 0.5) is 0 Å². The molecule has 0 aliphatic rings. The first-order chi connectivity index (χ1) is 9.73. The van der Waals surface area contributed by atoms with E-state index in [1.807, 2.05) is 13.8 Å². The van der Waals surface area contributed by atoms with Crippen LogP contribution in [-0.4, -0.2) is 28.4 Å². The van der Waals surface area contributed by atoms with Gasteiger partial charge in [0.15, 0.2) is 0 Å². The topological polar surface area (TPSA) is 49.3 Å². The van der Waals surface area contributed by atoms with Crippen molar-refractivity contribution >= 4 is 17.7 Å². The molecule has 1 aromatic carbocycles. The Morgan fingerprint density at radius 1 is 1.29 bits per heavy atom. The maximum Gasteiger partial charge on any atom is 0.323 e. The van der Waals surface area contributed by atoms with Crippen LogP contribution >= 0.6 is 11.8 Å². The maximum absolute atomic E-state index is 11.4. The number of aliphatic carboxylic acids is 1. The second-order valence-corrected chi connectivity index (χ2v) is 7.34. The summed E-state index contributed by atoms with van der Waals surface area (Å²) in [7, 11) is 0. The highest BCUT2D eigenvalue weighted by molar-refractivity contribution is 7.98. The van der Waals surface area contributed by atoms with Crippen molar-refractivity contribution in [2.45, 2.75) is 58.4 Å². The number of thioether (sulfide) groups is 1. The molecule has 3 nitrogen and oxygen atoms in total. The van der Waals surface area contributed by atoms with Crippen molar-refractivity contribution in [1.82, 2.24) is 5.32 Å². The first-order valence-corrected chi connectivity index (χ1v) is 8.54. The van der Waals surface area contributed by atoms with Gasteiger partial charge in [0.2, 0.25) is 0 Å². The van der Waals surface area contributed by atoms with Crippen molar-refractivity contribution in [3.05, 3.63) is 34.9 Å². The van der Waals surface area contributed by atoms with E-state index in [4.69, 9.17) is 0 Å². The summed E-state index contributed by atoms with van der Waals surface area (Å²) >= 11 is 1.79. The number of nitrogens with one attached hydrogen (secondary N) is 1. The lowest BCUT2D eigenvalue weighted by molar-refractivity contribution is -0.144. The fourth-order valence-electron chi connectivity index (χ4n) is 2.50. The van der Waals surface area contributed by atoms with Crippen LogP contribution in [0.3, 0.4) is 0 Å². The molecule has 0 saturated carbocycles. The Labute approximate surface area is 132 Å². The maximum atomic E-state index is 11.4. The largest absolute Gasteiger partial charge is 0.480 e. The Hall–Kier alpha value is -1.00. The average molecular weight is 309 g/mol. The zero-order valence-electron chi connectivity index (χ0n) is 13.7. The van der Waals surface area contributed by atoms with Crippen LogP contribution < -0.4 is 5.32 Å². The molecule has 1 rings (SSSR count). The standard InChI is InChI=1S/C17H27NO2S/c1-12(2)18-17(5,16(19)20)6-7-21-11-15-9-13(3)8-14(4)10-15/h8-10,12,18H,6-7,11H2,1-5H3,(H,19,20). The SMILES string of the molecule is Cc1cc(C)cc(CSCCC(C)(NC(C)C)C(=O)O)c1. The van der Waals surface area contributed by atoms with Crippen LogP contribution in [0, 0.1) is 13.8 Å². The smallest absolute Gasteiger partial charge is 0.323 e. The van der Waals surface area contributed by atoms with Crippen LogP contribution in [0.15, 0.2) is 18.2 Å². The van der Waals surface area contributed by atoms with Crippen LogP contribution in [0.5, 0.6) is 0 Å². The molecule has 2 N–H and O–H groups in total. The van der Waals surface area contributed by atoms with Crippen molar-refractivity contribution in [1.29, 1.82) is 0 Å². The predicted octanol–water partition coefficient (Wildman–Crippen LogP) is 3.77. The first kappa shape index (κ1) is 18.1. The molecule has 0 bridgehead atoms. The number of hydrogen-bond donors (Lipinski definition) is 2. The number of carboxylic acid groups (broad SMARTS) is 1. The van der Waals surface area contributed by atoms with Gasteiger partial charge >= 0.3 is 5.97 Å². The molecule has 0 aromatic heterocycles. The van der Waals surface area contributed by atoms with Gasteiger partial charge in [-0.15, -0.1) is 0 Å². The van der Waals surface area contributed by atoms with E-state index in [1.165, 1.54) is 16.7 Å². The van der Waals surface area contributed by atoms with Gasteiger partial charge in [0.1, 0.15) is 5.54 Å². The van der Waals surface area contributed by atoms with Crippen molar-refractivity contribution < 1.29 is 9.90 Å². The number of carbonyl (C=O) groups is 1. The molecule has 0 fully saturated rings. The number of aryl methyl sites for hydroxylation is 2. The number of hydrogen-bond acceptors (Lipinski definition) is 3. The van der Waals surface area contributed by atoms with Gasteiger partial charge < -0.3 is 5.11 Å². The van der Waals surface area contributed by atoms with Crippen LogP contribution in [0.2, 0.25) is 0 Å². The third kappa shape index (κ3) is 6.10. The third-order valence-electron chi connectivity index (χ3n) is 3.38. The zero-order valence-corrected chi connectivity index (χ0v) is 14.5. The summed E-state index contributed by atoms with van der Waals surface area (Å²) in [5.74, 6) is 0.985. The Morgan fingerprint density at radius 2 is 1.86 bits per heavy atom. The van der Waals surface area contributed by atoms with Gasteiger partial charge in [-0.1, -0.05) is 29.3 Å². The second kappa shape index (κ2) is 7.85. The van der Waals surface area contributed by atoms with E-state index >= 15 is 0 Å². The molecule has 0 aliphatic carbocycles. The van der Waals surface area contributed by atoms with E-state index in [0.29, 0.717) is 6.42 Å². The number of benzene rings is 1. The summed E-state index contributed by atoms with van der Waals surface area (Å²) < 4.78 is 0. The lowest BCUT2D eigenvalue weighted by Crippen LogP contribution is -2.52. The molecule has 0 aliphatic heterocycles. The van der Waals surface area contributed by atoms with E-state index in [-0.39, 0.29) is 6.04 Å². The molecule has 0 amide bonds. The van der Waals surface area contributed by atoms with E-state index in [9.17, 15) is 9.90 Å². The first-order valence-electron chi connectivity index (χ1n) is 7.39. The lowest BCUT2D eigenvalue weighted by atomic mass is 9.98. The van der Waals surface area contributed by atoms with E-state index in [1.54, 1.807) is 18.7 Å². The highest BCUT2D eigenvalue weighted by Crippen LogP contribution is 2.20. The number of carboxylic acids is 1. The van der Waals surface area contributed by atoms with Crippen LogP contribution in [0.1, 0.15) is 43.9 Å². The van der Waals surface area contributed by atoms with Crippen LogP contribution in [-0.2, 0) is 10.5 Å². The Morgan fingerprint density at radius 3 is 2.33 bits per heavy atom. The second-order valence-electron chi connectivity index (χ2n) is 6.23. The molecule has 0 heterocycles. The molecule has 0 spiro atoms. The number of rotatable bonds is 8. The minimum atomic E-state index is -0.844. The summed E-state index contributed by atoms with van der Waals surface area (Å²) in [5.41, 5.74) is 3.03. The minimum Gasteiger partial charge on any atom is -0.480 e. The van der Waals surface area contributed by atoms with Crippen molar-refractivity contribution in [2.75, 3.05) is 5.75 Å². The van der Waals surface area contributed by atoms with Gasteiger partial charge in [-0.3, -0.25) is 10.1 Å². The van der Waals surface area contributed by atoms with Gasteiger partial charge in [0, 0.05) is 11.8 Å². The van der Waals surface area contributed by atoms with Gasteiger partial charge in [-0.2, -0.15) is 11.8 Å². The minimum absolute atomic E-state index is 0.163. The molecule has 1 unspecified atom stereocenters. The molecule has 0 saturated heterocycles. The fraction of sp³-hybridized carbons (Fsp3) is 0.588. The summed E-state index contributed by atoms with van der Waals surface area (Å²) in [6.07, 6.45) is 0.621. The Bertz CT molecular complexity index is 467. The fourth-order valence-corrected chi connectivity index (χ4v) is 3.60. The van der Waals surface area contributed by atoms with Gasteiger partial charge in [-0.05, 0) is 52.4 Å². The van der Waals surface area contributed by atoms with Crippen molar-refractivity contribution in [3.8, 4) is 0 Å². The van der Waals surface area contributed by atoms with E-state index in [0.717, 1.165) is 11.5 Å². The van der Waals surface area contributed by atoms with E-state index in [2.05, 4.69) is 37.4 Å². The highest BCUT2D eigenvalue weighted by Gasteiger charge is 2.32. The lowest BCUT2D eigenvalue weighted by Gasteiger charge is -2.28. The Kier molecular flexibility index (Phi) is 6.75. The molecule has 4 heteroatoms. The van der Waals surface area contributed by atoms with E-state index < -0.39 is 11.5 Å². The summed E-state index contributed by atoms with van der Waals surface area (Å²) in [4.78, 5) is 11.4. The Balaban J connectivity index is 2.49.